The molecule has 0 fully saturated rings. The van der Waals surface area contributed by atoms with Gasteiger partial charge >= 0.3 is 0 Å². The van der Waals surface area contributed by atoms with Crippen LogP contribution in [0.2, 0.25) is 0 Å². The molecule has 1 aromatic carbocycles. The summed E-state index contributed by atoms with van der Waals surface area (Å²) in [5, 5.41) is 8.12. The van der Waals surface area contributed by atoms with Gasteiger partial charge in [-0.25, -0.2) is 0 Å². The fourth-order valence-corrected chi connectivity index (χ4v) is 3.38. The van der Waals surface area contributed by atoms with Gasteiger partial charge in [0.2, 0.25) is 0 Å². The van der Waals surface area contributed by atoms with Crippen LogP contribution in [0, 0.1) is 6.92 Å². The number of nitrogens with zero attached hydrogens (tertiary/aromatic N) is 2. The second-order valence-electron chi connectivity index (χ2n) is 5.08. The molecule has 2 aromatic rings. The maximum atomic E-state index is 4.46. The van der Waals surface area contributed by atoms with Crippen molar-refractivity contribution in [2.75, 3.05) is 6.54 Å². The van der Waals surface area contributed by atoms with E-state index in [1.807, 2.05) is 6.20 Å². The maximum absolute atomic E-state index is 4.46. The van der Waals surface area contributed by atoms with Crippen molar-refractivity contribution in [2.24, 2.45) is 0 Å². The number of hydrogen-bond donors (Lipinski definition) is 1. The Balaban J connectivity index is 2.52. The van der Waals surface area contributed by atoms with Gasteiger partial charge in [-0.1, -0.05) is 28.9 Å². The lowest BCUT2D eigenvalue weighted by Gasteiger charge is -2.23. The van der Waals surface area contributed by atoms with Crippen molar-refractivity contribution in [1.82, 2.24) is 15.1 Å². The highest BCUT2D eigenvalue weighted by Gasteiger charge is 2.22. The zero-order valence-electron chi connectivity index (χ0n) is 12.7. The Hall–Kier alpha value is -0.650. The molecular weight excluding hydrogens is 394 g/mol. The van der Waals surface area contributed by atoms with E-state index in [0.717, 1.165) is 28.5 Å². The van der Waals surface area contributed by atoms with Crippen LogP contribution in [-0.4, -0.2) is 16.3 Å². The lowest BCUT2D eigenvalue weighted by Crippen LogP contribution is -2.26. The predicted molar refractivity (Wildman–Crippen MR) is 94.6 cm³/mol. The Morgan fingerprint density at radius 3 is 2.71 bits per heavy atom. The molecule has 1 atom stereocenters. The van der Waals surface area contributed by atoms with E-state index < -0.39 is 0 Å². The van der Waals surface area contributed by atoms with Crippen LogP contribution in [0.5, 0.6) is 0 Å². The average Bonchev–Trinajstić information content (AvgIpc) is 2.84. The molecule has 114 valence electrons. The highest BCUT2D eigenvalue weighted by atomic mass is 79.9. The van der Waals surface area contributed by atoms with E-state index in [0.29, 0.717) is 0 Å². The molecule has 1 unspecified atom stereocenters. The van der Waals surface area contributed by atoms with E-state index in [9.17, 15) is 0 Å². The molecule has 5 heteroatoms. The summed E-state index contributed by atoms with van der Waals surface area (Å²) < 4.78 is 4.21. The molecule has 2 rings (SSSR count). The lowest BCUT2D eigenvalue weighted by atomic mass is 9.98. The van der Waals surface area contributed by atoms with Crippen molar-refractivity contribution in [1.29, 1.82) is 0 Å². The third-order valence-electron chi connectivity index (χ3n) is 3.56. The third kappa shape index (κ3) is 3.76. The van der Waals surface area contributed by atoms with Crippen molar-refractivity contribution in [3.05, 3.63) is 50.2 Å². The van der Waals surface area contributed by atoms with Crippen LogP contribution < -0.4 is 5.32 Å². The van der Waals surface area contributed by atoms with Gasteiger partial charge in [-0.15, -0.1) is 0 Å². The molecular formula is C16H21Br2N3. The Labute approximate surface area is 143 Å². The smallest absolute Gasteiger partial charge is 0.0762 e. The van der Waals surface area contributed by atoms with Gasteiger partial charge in [0.1, 0.15) is 0 Å². The van der Waals surface area contributed by atoms with E-state index in [2.05, 4.69) is 85.9 Å². The molecule has 1 aromatic heterocycles. The summed E-state index contributed by atoms with van der Waals surface area (Å²) in [5.41, 5.74) is 3.75. The van der Waals surface area contributed by atoms with Gasteiger partial charge in [0, 0.05) is 11.0 Å². The SMILES string of the molecule is CCCNC(c1cc(Br)ccc1C)c1c(Br)cnn1CC. The summed E-state index contributed by atoms with van der Waals surface area (Å²) >= 11 is 7.24. The minimum absolute atomic E-state index is 0.138. The first kappa shape index (κ1) is 16.7. The quantitative estimate of drug-likeness (QED) is 0.733. The first-order valence-electron chi connectivity index (χ1n) is 7.29. The topological polar surface area (TPSA) is 29.9 Å². The summed E-state index contributed by atoms with van der Waals surface area (Å²) in [5.74, 6) is 0. The van der Waals surface area contributed by atoms with Crippen LogP contribution in [0.1, 0.15) is 43.1 Å². The molecule has 0 saturated carbocycles. The minimum atomic E-state index is 0.138. The van der Waals surface area contributed by atoms with Crippen LogP contribution in [0.4, 0.5) is 0 Å². The van der Waals surface area contributed by atoms with Gasteiger partial charge in [-0.2, -0.15) is 5.10 Å². The van der Waals surface area contributed by atoms with Crippen molar-refractivity contribution in [3.63, 3.8) is 0 Å². The van der Waals surface area contributed by atoms with Gasteiger partial charge in [0.25, 0.3) is 0 Å². The van der Waals surface area contributed by atoms with Gasteiger partial charge in [-0.05, 0) is 66.0 Å². The largest absolute Gasteiger partial charge is 0.305 e. The molecule has 21 heavy (non-hydrogen) atoms. The molecule has 0 amide bonds. The van der Waals surface area contributed by atoms with Crippen LogP contribution in [0.3, 0.4) is 0 Å². The molecule has 0 aliphatic carbocycles. The number of aromatic nitrogens is 2. The van der Waals surface area contributed by atoms with E-state index >= 15 is 0 Å². The van der Waals surface area contributed by atoms with Crippen LogP contribution in [0.15, 0.2) is 33.3 Å². The minimum Gasteiger partial charge on any atom is -0.305 e. The summed E-state index contributed by atoms with van der Waals surface area (Å²) in [7, 11) is 0. The Morgan fingerprint density at radius 1 is 1.29 bits per heavy atom. The van der Waals surface area contributed by atoms with Crippen LogP contribution in [0.25, 0.3) is 0 Å². The molecule has 1 heterocycles. The molecule has 0 spiro atoms. The Kier molecular flexibility index (Phi) is 6.02. The first-order chi connectivity index (χ1) is 10.1. The van der Waals surface area contributed by atoms with Crippen molar-refractivity contribution < 1.29 is 0 Å². The van der Waals surface area contributed by atoms with E-state index in [1.54, 1.807) is 0 Å². The highest BCUT2D eigenvalue weighted by Crippen LogP contribution is 2.32. The number of hydrogen-bond acceptors (Lipinski definition) is 2. The second-order valence-corrected chi connectivity index (χ2v) is 6.85. The zero-order valence-corrected chi connectivity index (χ0v) is 15.8. The van der Waals surface area contributed by atoms with Gasteiger partial charge < -0.3 is 5.32 Å². The highest BCUT2D eigenvalue weighted by molar-refractivity contribution is 9.10. The van der Waals surface area contributed by atoms with E-state index in [-0.39, 0.29) is 6.04 Å². The number of halogens is 2. The number of benzene rings is 1. The summed E-state index contributed by atoms with van der Waals surface area (Å²) in [6, 6.07) is 6.57. The number of aryl methyl sites for hydroxylation is 2. The standard InChI is InChI=1S/C16H21Br2N3/c1-4-8-19-15(13-9-12(17)7-6-11(13)3)16-14(18)10-20-21(16)5-2/h6-7,9-10,15,19H,4-5,8H2,1-3H3. The van der Waals surface area contributed by atoms with Gasteiger partial charge in [0.05, 0.1) is 22.4 Å². The second kappa shape index (κ2) is 7.56. The van der Waals surface area contributed by atoms with E-state index in [1.165, 1.54) is 16.8 Å². The normalized spacial score (nSPS) is 12.6. The first-order valence-corrected chi connectivity index (χ1v) is 8.87. The number of nitrogens with one attached hydrogen (secondary N) is 1. The van der Waals surface area contributed by atoms with Crippen molar-refractivity contribution in [2.45, 2.75) is 39.8 Å². The van der Waals surface area contributed by atoms with Gasteiger partial charge in [0.15, 0.2) is 0 Å². The molecule has 0 radical (unpaired) electrons. The van der Waals surface area contributed by atoms with Crippen LogP contribution in [-0.2, 0) is 6.54 Å². The third-order valence-corrected chi connectivity index (χ3v) is 4.66. The molecule has 0 bridgehead atoms. The van der Waals surface area contributed by atoms with Crippen LogP contribution >= 0.6 is 31.9 Å². The molecule has 0 aliphatic heterocycles. The molecule has 3 nitrogen and oxygen atoms in total. The Morgan fingerprint density at radius 2 is 2.05 bits per heavy atom. The summed E-state index contributed by atoms with van der Waals surface area (Å²) in [4.78, 5) is 0. The lowest BCUT2D eigenvalue weighted by molar-refractivity contribution is 0.526. The summed E-state index contributed by atoms with van der Waals surface area (Å²) in [6.45, 7) is 8.29. The molecule has 0 aliphatic rings. The zero-order chi connectivity index (χ0) is 15.4. The monoisotopic (exact) mass is 413 g/mol. The number of rotatable bonds is 6. The molecule has 0 saturated heterocycles. The predicted octanol–water partition coefficient (Wildman–Crippen LogP) is 4.83. The fraction of sp³-hybridized carbons (Fsp3) is 0.438. The fourth-order valence-electron chi connectivity index (χ4n) is 2.48. The average molecular weight is 415 g/mol. The maximum Gasteiger partial charge on any atom is 0.0762 e. The summed E-state index contributed by atoms with van der Waals surface area (Å²) in [6.07, 6.45) is 2.98. The Bertz CT molecular complexity index is 608. The van der Waals surface area contributed by atoms with E-state index in [4.69, 9.17) is 0 Å². The van der Waals surface area contributed by atoms with Gasteiger partial charge in [-0.3, -0.25) is 4.68 Å². The van der Waals surface area contributed by atoms with Crippen molar-refractivity contribution in [3.8, 4) is 0 Å². The van der Waals surface area contributed by atoms with Crippen molar-refractivity contribution >= 4 is 31.9 Å². The molecule has 1 N–H and O–H groups in total.